The van der Waals surface area contributed by atoms with Gasteiger partial charge >= 0.3 is 6.36 Å². The first-order valence-corrected chi connectivity index (χ1v) is 10.4. The van der Waals surface area contributed by atoms with Crippen LogP contribution in [-0.2, 0) is 0 Å². The minimum Gasteiger partial charge on any atom is -0.506 e. The van der Waals surface area contributed by atoms with Gasteiger partial charge in [0.1, 0.15) is 11.5 Å². The van der Waals surface area contributed by atoms with Crippen molar-refractivity contribution >= 4 is 45.2 Å². The second kappa shape index (κ2) is 8.70. The van der Waals surface area contributed by atoms with E-state index in [-0.39, 0.29) is 17.5 Å². The molecule has 0 bridgehead atoms. The highest BCUT2D eigenvalue weighted by atomic mass is 127. The van der Waals surface area contributed by atoms with Gasteiger partial charge in [-0.1, -0.05) is 12.1 Å². The molecule has 0 aromatic heterocycles. The molecule has 1 atom stereocenters. The smallest absolute Gasteiger partial charge is 0.506 e. The van der Waals surface area contributed by atoms with Gasteiger partial charge in [0.05, 0.1) is 9.61 Å². The summed E-state index contributed by atoms with van der Waals surface area (Å²) < 4.78 is 43.0. The van der Waals surface area contributed by atoms with Crippen LogP contribution in [-0.4, -0.2) is 42.5 Å². The summed E-state index contributed by atoms with van der Waals surface area (Å²) >= 11 is 4.29. The highest BCUT2D eigenvalue weighted by Crippen LogP contribution is 2.38. The van der Waals surface area contributed by atoms with E-state index < -0.39 is 6.36 Å². The highest BCUT2D eigenvalue weighted by molar-refractivity contribution is 14.1. The predicted molar refractivity (Wildman–Crippen MR) is 113 cm³/mol. The van der Waals surface area contributed by atoms with Gasteiger partial charge in [0.2, 0.25) is 0 Å². The molecule has 0 saturated carbocycles. The average molecular weight is 604 g/mol. The fraction of sp³-hybridized carbons (Fsp3) is 0.333. The van der Waals surface area contributed by atoms with Crippen LogP contribution in [0.3, 0.4) is 0 Å². The number of rotatable bonds is 4. The molecule has 2 aromatic rings. The molecule has 146 valence electrons. The Bertz CT molecular complexity index is 794. The van der Waals surface area contributed by atoms with E-state index in [4.69, 9.17) is 0 Å². The molecule has 9 heteroatoms. The Kier molecular flexibility index (Phi) is 6.75. The van der Waals surface area contributed by atoms with E-state index in [1.807, 2.05) is 12.1 Å². The molecule has 4 nitrogen and oxygen atoms in total. The van der Waals surface area contributed by atoms with Crippen molar-refractivity contribution in [3.8, 4) is 11.5 Å². The normalized spacial score (nSPS) is 16.9. The minimum absolute atomic E-state index is 0.204. The van der Waals surface area contributed by atoms with Gasteiger partial charge in [-0.15, -0.1) is 13.2 Å². The number of piperazine rings is 1. The van der Waals surface area contributed by atoms with Gasteiger partial charge in [0.15, 0.2) is 0 Å². The fourth-order valence-electron chi connectivity index (χ4n) is 3.17. The van der Waals surface area contributed by atoms with Crippen LogP contribution < -0.4 is 10.1 Å². The SMILES string of the molecule is Oc1c(I)cc(I)cc1[C@H](c1ccc(OC(F)(F)F)cc1)N1CCNCC1. The Morgan fingerprint density at radius 1 is 1.07 bits per heavy atom. The summed E-state index contributed by atoms with van der Waals surface area (Å²) in [5.41, 5.74) is 1.55. The quantitative estimate of drug-likeness (QED) is 0.506. The van der Waals surface area contributed by atoms with E-state index in [0.717, 1.165) is 44.4 Å². The number of nitrogens with zero attached hydrogens (tertiary/aromatic N) is 1. The van der Waals surface area contributed by atoms with Crippen LogP contribution in [0.2, 0.25) is 0 Å². The lowest BCUT2D eigenvalue weighted by Crippen LogP contribution is -2.45. The summed E-state index contributed by atoms with van der Waals surface area (Å²) in [5.74, 6) is -0.0538. The molecule has 3 rings (SSSR count). The van der Waals surface area contributed by atoms with Gasteiger partial charge in [0.25, 0.3) is 0 Å². The molecule has 1 aliphatic rings. The van der Waals surface area contributed by atoms with Gasteiger partial charge in [-0.05, 0) is 75.0 Å². The maximum absolute atomic E-state index is 12.4. The number of phenols is 1. The monoisotopic (exact) mass is 604 g/mol. The van der Waals surface area contributed by atoms with Gasteiger partial charge in [0, 0.05) is 35.3 Å². The number of halogens is 5. The number of aromatic hydroxyl groups is 1. The van der Waals surface area contributed by atoms with E-state index in [2.05, 4.69) is 60.1 Å². The molecule has 2 aromatic carbocycles. The first-order chi connectivity index (χ1) is 12.7. The van der Waals surface area contributed by atoms with E-state index >= 15 is 0 Å². The van der Waals surface area contributed by atoms with E-state index in [9.17, 15) is 18.3 Å². The fourth-order valence-corrected chi connectivity index (χ4v) is 5.06. The standard InChI is InChI=1S/C18H17F3I2N2O2/c19-18(20,21)27-13-3-1-11(2-4-13)16(25-7-5-24-6-8-25)14-9-12(22)10-15(23)17(14)26/h1-4,9-10,16,24,26H,5-8H2/t16-/m0/s1. The number of phenolic OH excluding ortho intramolecular Hbond substituents is 1. The highest BCUT2D eigenvalue weighted by Gasteiger charge is 2.32. The van der Waals surface area contributed by atoms with E-state index in [1.165, 1.54) is 12.1 Å². The Morgan fingerprint density at radius 3 is 2.30 bits per heavy atom. The van der Waals surface area contributed by atoms with Gasteiger partial charge in [-0.2, -0.15) is 0 Å². The molecule has 1 fully saturated rings. The summed E-state index contributed by atoms with van der Waals surface area (Å²) in [6, 6.07) is 9.43. The number of alkyl halides is 3. The molecule has 0 unspecified atom stereocenters. The first kappa shape index (κ1) is 20.9. The molecule has 0 amide bonds. The van der Waals surface area contributed by atoms with Crippen LogP contribution in [0.4, 0.5) is 13.2 Å². The molecule has 1 aliphatic heterocycles. The molecular formula is C18H17F3I2N2O2. The third kappa shape index (κ3) is 5.39. The molecule has 0 spiro atoms. The molecular weight excluding hydrogens is 587 g/mol. The summed E-state index contributed by atoms with van der Waals surface area (Å²) in [5, 5.41) is 14.0. The van der Waals surface area contributed by atoms with Crippen LogP contribution in [0.1, 0.15) is 17.2 Å². The molecule has 27 heavy (non-hydrogen) atoms. The van der Waals surface area contributed by atoms with Crippen molar-refractivity contribution in [2.45, 2.75) is 12.4 Å². The molecule has 0 radical (unpaired) electrons. The van der Waals surface area contributed by atoms with Gasteiger partial charge < -0.3 is 15.2 Å². The third-order valence-corrected chi connectivity index (χ3v) is 5.74. The van der Waals surface area contributed by atoms with Crippen LogP contribution >= 0.6 is 45.2 Å². The van der Waals surface area contributed by atoms with Crippen LogP contribution in [0.15, 0.2) is 36.4 Å². The van der Waals surface area contributed by atoms with Crippen molar-refractivity contribution in [2.75, 3.05) is 26.2 Å². The van der Waals surface area contributed by atoms with Crippen molar-refractivity contribution in [1.82, 2.24) is 10.2 Å². The maximum Gasteiger partial charge on any atom is 0.573 e. The third-order valence-electron chi connectivity index (χ3n) is 4.30. The molecule has 1 heterocycles. The number of ether oxygens (including phenoxy) is 1. The largest absolute Gasteiger partial charge is 0.573 e. The van der Waals surface area contributed by atoms with Crippen molar-refractivity contribution in [3.05, 3.63) is 54.7 Å². The van der Waals surface area contributed by atoms with Crippen LogP contribution in [0.25, 0.3) is 0 Å². The van der Waals surface area contributed by atoms with Crippen molar-refractivity contribution in [3.63, 3.8) is 0 Å². The van der Waals surface area contributed by atoms with Crippen molar-refractivity contribution in [1.29, 1.82) is 0 Å². The number of hydrogen-bond acceptors (Lipinski definition) is 4. The summed E-state index contributed by atoms with van der Waals surface area (Å²) in [7, 11) is 0. The Labute approximate surface area is 182 Å². The summed E-state index contributed by atoms with van der Waals surface area (Å²) in [6.45, 7) is 3.17. The zero-order valence-electron chi connectivity index (χ0n) is 14.1. The maximum atomic E-state index is 12.4. The molecule has 2 N–H and O–H groups in total. The van der Waals surface area contributed by atoms with Crippen LogP contribution in [0.5, 0.6) is 11.5 Å². The zero-order chi connectivity index (χ0) is 19.6. The van der Waals surface area contributed by atoms with Gasteiger partial charge in [-0.3, -0.25) is 4.90 Å². The minimum atomic E-state index is -4.72. The second-order valence-electron chi connectivity index (χ2n) is 6.13. The lowest BCUT2D eigenvalue weighted by molar-refractivity contribution is -0.274. The Morgan fingerprint density at radius 2 is 1.70 bits per heavy atom. The Balaban J connectivity index is 2.00. The molecule has 0 aliphatic carbocycles. The second-order valence-corrected chi connectivity index (χ2v) is 8.54. The van der Waals surface area contributed by atoms with Crippen molar-refractivity contribution < 1.29 is 23.0 Å². The zero-order valence-corrected chi connectivity index (χ0v) is 18.4. The first-order valence-electron chi connectivity index (χ1n) is 8.23. The predicted octanol–water partition coefficient (Wildman–Crippen LogP) is 4.49. The lowest BCUT2D eigenvalue weighted by atomic mass is 9.95. The topological polar surface area (TPSA) is 44.7 Å². The number of nitrogens with one attached hydrogen (secondary N) is 1. The molecule has 1 saturated heterocycles. The lowest BCUT2D eigenvalue weighted by Gasteiger charge is -2.36. The Hall–Kier alpha value is -0.790. The van der Waals surface area contributed by atoms with Crippen LogP contribution in [0, 0.1) is 7.14 Å². The van der Waals surface area contributed by atoms with Gasteiger partial charge in [-0.25, -0.2) is 0 Å². The summed E-state index contributed by atoms with van der Waals surface area (Å²) in [4.78, 5) is 2.22. The number of hydrogen-bond donors (Lipinski definition) is 2. The average Bonchev–Trinajstić information content (AvgIpc) is 2.60. The number of benzene rings is 2. The summed E-state index contributed by atoms with van der Waals surface area (Å²) in [6.07, 6.45) is -4.72. The van der Waals surface area contributed by atoms with E-state index in [0.29, 0.717) is 0 Å². The van der Waals surface area contributed by atoms with Crippen molar-refractivity contribution in [2.24, 2.45) is 0 Å². The van der Waals surface area contributed by atoms with E-state index in [1.54, 1.807) is 12.1 Å².